The Hall–Kier alpha value is -2.79. The van der Waals surface area contributed by atoms with Crippen molar-refractivity contribution in [2.24, 2.45) is 0 Å². The van der Waals surface area contributed by atoms with Gasteiger partial charge in [-0.3, -0.25) is 9.69 Å². The Kier molecular flexibility index (Phi) is 7.30. The van der Waals surface area contributed by atoms with E-state index in [2.05, 4.69) is 41.4 Å². The smallest absolute Gasteiger partial charge is 0.244 e. The maximum Gasteiger partial charge on any atom is 0.244 e. The molecule has 1 heterocycles. The Balaban J connectivity index is 1.48. The van der Waals surface area contributed by atoms with Crippen molar-refractivity contribution < 1.29 is 14.3 Å². The summed E-state index contributed by atoms with van der Waals surface area (Å²) in [6, 6.07) is 14.4. The van der Waals surface area contributed by atoms with E-state index in [-0.39, 0.29) is 11.9 Å². The fourth-order valence-electron chi connectivity index (χ4n) is 3.65. The lowest BCUT2D eigenvalue weighted by molar-refractivity contribution is -0.117. The molecule has 1 fully saturated rings. The predicted octanol–water partition coefficient (Wildman–Crippen LogP) is 3.81. The number of hydrogen-bond donors (Lipinski definition) is 1. The average Bonchev–Trinajstić information content (AvgIpc) is 2.73. The second-order valence-corrected chi connectivity index (χ2v) is 7.53. The lowest BCUT2D eigenvalue weighted by Crippen LogP contribution is -2.43. The molecule has 0 radical (unpaired) electrons. The molecule has 0 saturated carbocycles. The topological polar surface area (TPSA) is 50.8 Å². The van der Waals surface area contributed by atoms with Gasteiger partial charge in [0.1, 0.15) is 11.5 Å². The summed E-state index contributed by atoms with van der Waals surface area (Å²) in [4.78, 5) is 14.8. The molecular formula is C24H30N2O3. The van der Waals surface area contributed by atoms with Crippen LogP contribution in [0.3, 0.4) is 0 Å². The highest BCUT2D eigenvalue weighted by molar-refractivity contribution is 5.92. The van der Waals surface area contributed by atoms with Gasteiger partial charge < -0.3 is 14.8 Å². The summed E-state index contributed by atoms with van der Waals surface area (Å²) in [5.41, 5.74) is 3.51. The Morgan fingerprint density at radius 2 is 1.79 bits per heavy atom. The number of carbonyl (C=O) groups excluding carboxylic acids is 1. The van der Waals surface area contributed by atoms with Crippen molar-refractivity contribution in [2.45, 2.75) is 32.4 Å². The van der Waals surface area contributed by atoms with Crippen molar-refractivity contribution >= 4 is 12.0 Å². The molecule has 0 aromatic heterocycles. The number of methoxy groups -OCH3 is 2. The molecule has 0 unspecified atom stereocenters. The van der Waals surface area contributed by atoms with E-state index in [0.29, 0.717) is 11.5 Å². The van der Waals surface area contributed by atoms with Gasteiger partial charge in [0.2, 0.25) is 5.91 Å². The van der Waals surface area contributed by atoms with E-state index >= 15 is 0 Å². The zero-order valence-corrected chi connectivity index (χ0v) is 17.5. The fraction of sp³-hybridized carbons (Fsp3) is 0.375. The van der Waals surface area contributed by atoms with Gasteiger partial charge in [0.25, 0.3) is 0 Å². The molecule has 1 saturated heterocycles. The third-order valence-electron chi connectivity index (χ3n) is 5.22. The van der Waals surface area contributed by atoms with Crippen LogP contribution < -0.4 is 14.8 Å². The van der Waals surface area contributed by atoms with Crippen molar-refractivity contribution in [1.29, 1.82) is 0 Å². The molecule has 5 heteroatoms. The summed E-state index contributed by atoms with van der Waals surface area (Å²) in [5, 5.41) is 3.12. The molecule has 3 rings (SSSR count). The molecule has 0 atom stereocenters. The summed E-state index contributed by atoms with van der Waals surface area (Å²) in [7, 11) is 3.22. The minimum atomic E-state index is -0.0658. The molecule has 2 aromatic carbocycles. The Morgan fingerprint density at radius 1 is 1.10 bits per heavy atom. The van der Waals surface area contributed by atoms with Crippen LogP contribution in [-0.4, -0.2) is 44.2 Å². The van der Waals surface area contributed by atoms with Crippen molar-refractivity contribution in [1.82, 2.24) is 10.2 Å². The number of hydrogen-bond acceptors (Lipinski definition) is 4. The summed E-state index contributed by atoms with van der Waals surface area (Å²) < 4.78 is 10.5. The number of benzene rings is 2. The number of carbonyl (C=O) groups is 1. The van der Waals surface area contributed by atoms with Crippen LogP contribution in [0.2, 0.25) is 0 Å². The van der Waals surface area contributed by atoms with Gasteiger partial charge in [0.15, 0.2) is 0 Å². The number of piperidine rings is 1. The highest BCUT2D eigenvalue weighted by atomic mass is 16.5. The summed E-state index contributed by atoms with van der Waals surface area (Å²) in [5.74, 6) is 1.33. The molecule has 0 bridgehead atoms. The van der Waals surface area contributed by atoms with Crippen LogP contribution in [0.15, 0.2) is 48.5 Å². The molecule has 29 heavy (non-hydrogen) atoms. The van der Waals surface area contributed by atoms with E-state index in [4.69, 9.17) is 9.47 Å². The quantitative estimate of drug-likeness (QED) is 0.726. The normalized spacial score (nSPS) is 15.4. The third kappa shape index (κ3) is 6.36. The first-order valence-electron chi connectivity index (χ1n) is 10.1. The van der Waals surface area contributed by atoms with E-state index in [1.54, 1.807) is 26.4 Å². The first-order chi connectivity index (χ1) is 14.1. The first kappa shape index (κ1) is 20.9. The minimum absolute atomic E-state index is 0.0658. The summed E-state index contributed by atoms with van der Waals surface area (Å²) in [6.45, 7) is 5.09. The second-order valence-electron chi connectivity index (χ2n) is 7.53. The molecule has 154 valence electrons. The standard InChI is InChI=1S/C24H30N2O3/c1-18-5-4-6-20(13-18)17-26-11-9-21(10-12-26)25-24(27)8-7-19-14-22(28-2)16-23(15-19)29-3/h4-8,13-16,21H,9-12,17H2,1-3H3,(H,25,27)/b8-7+. The van der Waals surface area contributed by atoms with Crippen LogP contribution in [0.25, 0.3) is 6.08 Å². The molecule has 0 spiro atoms. The van der Waals surface area contributed by atoms with Gasteiger partial charge in [-0.2, -0.15) is 0 Å². The number of nitrogens with zero attached hydrogens (tertiary/aromatic N) is 1. The number of rotatable bonds is 7. The first-order valence-corrected chi connectivity index (χ1v) is 10.1. The maximum atomic E-state index is 12.3. The Labute approximate surface area is 173 Å². The van der Waals surface area contributed by atoms with Gasteiger partial charge in [-0.15, -0.1) is 0 Å². The highest BCUT2D eigenvalue weighted by Gasteiger charge is 2.20. The molecule has 2 aromatic rings. The molecule has 1 aliphatic heterocycles. The number of amides is 1. The average molecular weight is 395 g/mol. The zero-order valence-electron chi connectivity index (χ0n) is 17.5. The summed E-state index contributed by atoms with van der Waals surface area (Å²) in [6.07, 6.45) is 5.30. The van der Waals surface area contributed by atoms with Crippen molar-refractivity contribution in [3.63, 3.8) is 0 Å². The zero-order chi connectivity index (χ0) is 20.6. The monoisotopic (exact) mass is 394 g/mol. The van der Waals surface area contributed by atoms with Crippen LogP contribution in [0.5, 0.6) is 11.5 Å². The van der Waals surface area contributed by atoms with Gasteiger partial charge in [0, 0.05) is 37.8 Å². The van der Waals surface area contributed by atoms with Crippen LogP contribution in [0.1, 0.15) is 29.5 Å². The predicted molar refractivity (Wildman–Crippen MR) is 116 cm³/mol. The van der Waals surface area contributed by atoms with E-state index in [9.17, 15) is 4.79 Å². The lowest BCUT2D eigenvalue weighted by Gasteiger charge is -2.32. The van der Waals surface area contributed by atoms with Gasteiger partial charge in [0.05, 0.1) is 14.2 Å². The van der Waals surface area contributed by atoms with Crippen molar-refractivity contribution in [3.8, 4) is 11.5 Å². The van der Waals surface area contributed by atoms with Gasteiger partial charge in [-0.25, -0.2) is 0 Å². The van der Waals surface area contributed by atoms with E-state index < -0.39 is 0 Å². The van der Waals surface area contributed by atoms with E-state index in [0.717, 1.165) is 38.0 Å². The molecule has 0 aliphatic carbocycles. The number of nitrogens with one attached hydrogen (secondary N) is 1. The van der Waals surface area contributed by atoms with Crippen LogP contribution in [-0.2, 0) is 11.3 Å². The number of aryl methyl sites for hydroxylation is 1. The molecular weight excluding hydrogens is 364 g/mol. The maximum absolute atomic E-state index is 12.3. The summed E-state index contributed by atoms with van der Waals surface area (Å²) >= 11 is 0. The molecule has 5 nitrogen and oxygen atoms in total. The van der Waals surface area contributed by atoms with Gasteiger partial charge in [-0.05, 0) is 49.1 Å². The number of likely N-dealkylation sites (tertiary alicyclic amines) is 1. The largest absolute Gasteiger partial charge is 0.497 e. The second kappa shape index (κ2) is 10.1. The number of ether oxygens (including phenoxy) is 2. The van der Waals surface area contributed by atoms with E-state index in [1.807, 2.05) is 18.2 Å². The van der Waals surface area contributed by atoms with Crippen LogP contribution >= 0.6 is 0 Å². The van der Waals surface area contributed by atoms with Gasteiger partial charge >= 0.3 is 0 Å². The molecule has 1 aliphatic rings. The Morgan fingerprint density at radius 3 is 2.41 bits per heavy atom. The van der Waals surface area contributed by atoms with Crippen molar-refractivity contribution in [3.05, 3.63) is 65.2 Å². The SMILES string of the molecule is COc1cc(/C=C/C(=O)NC2CCN(Cc3cccc(C)c3)CC2)cc(OC)c1. The van der Waals surface area contributed by atoms with Crippen LogP contribution in [0, 0.1) is 6.92 Å². The van der Waals surface area contributed by atoms with Gasteiger partial charge in [-0.1, -0.05) is 29.8 Å². The lowest BCUT2D eigenvalue weighted by atomic mass is 10.0. The van der Waals surface area contributed by atoms with E-state index in [1.165, 1.54) is 11.1 Å². The Bertz CT molecular complexity index is 833. The molecule has 1 amide bonds. The third-order valence-corrected chi connectivity index (χ3v) is 5.22. The minimum Gasteiger partial charge on any atom is -0.497 e. The highest BCUT2D eigenvalue weighted by Crippen LogP contribution is 2.23. The fourth-order valence-corrected chi connectivity index (χ4v) is 3.65. The van der Waals surface area contributed by atoms with Crippen LogP contribution in [0.4, 0.5) is 0 Å². The molecule has 1 N–H and O–H groups in total. The van der Waals surface area contributed by atoms with Crippen molar-refractivity contribution in [2.75, 3.05) is 27.3 Å².